The zero-order valence-electron chi connectivity index (χ0n) is 17.6. The van der Waals surface area contributed by atoms with E-state index in [0.717, 1.165) is 29.5 Å². The van der Waals surface area contributed by atoms with Gasteiger partial charge in [0.1, 0.15) is 0 Å². The Bertz CT molecular complexity index is 1190. The molecule has 2 fully saturated rings. The number of aromatic nitrogens is 1. The highest BCUT2D eigenvalue weighted by Gasteiger charge is 2.34. The number of hydrogen-bond donors (Lipinski definition) is 1. The van der Waals surface area contributed by atoms with Crippen LogP contribution in [0.4, 0.5) is 4.79 Å². The average Bonchev–Trinajstić information content (AvgIpc) is 3.45. The molecule has 0 bridgehead atoms. The van der Waals surface area contributed by atoms with Crippen molar-refractivity contribution in [1.82, 2.24) is 19.5 Å². The maximum Gasteiger partial charge on any atom is 0.293 e. The van der Waals surface area contributed by atoms with Gasteiger partial charge >= 0.3 is 0 Å². The summed E-state index contributed by atoms with van der Waals surface area (Å²) in [7, 11) is -3.54. The minimum absolute atomic E-state index is 0.0300. The second kappa shape index (κ2) is 9.86. The largest absolute Gasteiger partial charge is 0.350 e. The van der Waals surface area contributed by atoms with Crippen LogP contribution in [0.5, 0.6) is 0 Å². The Hall–Kier alpha value is -3.02. The van der Waals surface area contributed by atoms with Crippen LogP contribution in [0.3, 0.4) is 0 Å². The fraction of sp³-hybridized carbons (Fsp3) is 0.273. The molecule has 3 amide bonds. The van der Waals surface area contributed by atoms with Crippen LogP contribution in [-0.2, 0) is 14.8 Å². The Kier molecular flexibility index (Phi) is 6.91. The number of carbonyl (C=O) groups is 3. The van der Waals surface area contributed by atoms with Gasteiger partial charge in [-0.1, -0.05) is 6.07 Å². The van der Waals surface area contributed by atoms with Crippen molar-refractivity contribution in [2.75, 3.05) is 26.2 Å². The van der Waals surface area contributed by atoms with E-state index in [1.165, 1.54) is 28.6 Å². The summed E-state index contributed by atoms with van der Waals surface area (Å²) >= 11 is 0.843. The topological polar surface area (TPSA) is 117 Å². The van der Waals surface area contributed by atoms with E-state index in [2.05, 4.69) is 10.3 Å². The molecule has 0 saturated carbocycles. The van der Waals surface area contributed by atoms with Gasteiger partial charge in [0.15, 0.2) is 0 Å². The first-order chi connectivity index (χ1) is 15.9. The Labute approximate surface area is 195 Å². The first-order valence-corrected chi connectivity index (χ1v) is 12.7. The van der Waals surface area contributed by atoms with Gasteiger partial charge in [-0.2, -0.15) is 4.31 Å². The smallest absolute Gasteiger partial charge is 0.293 e. The standard InChI is InChI=1S/C22H22N4O5S2/c27-20(17-5-7-18(8-6-17)33(30,31)25-11-1-2-12-25)24-10-13-26-21(28)19(32-22(26)29)14-16-4-3-9-23-15-16/h3-9,14-15H,1-2,10-13H2,(H,24,27). The molecule has 2 saturated heterocycles. The quantitative estimate of drug-likeness (QED) is 0.597. The number of pyridine rings is 1. The van der Waals surface area contributed by atoms with Crippen LogP contribution in [0.2, 0.25) is 0 Å². The van der Waals surface area contributed by atoms with Crippen LogP contribution in [-0.4, -0.2) is 65.8 Å². The van der Waals surface area contributed by atoms with Crippen molar-refractivity contribution in [2.45, 2.75) is 17.7 Å². The van der Waals surface area contributed by atoms with Gasteiger partial charge in [0.2, 0.25) is 10.0 Å². The van der Waals surface area contributed by atoms with Gasteiger partial charge in [0.05, 0.1) is 9.80 Å². The molecule has 33 heavy (non-hydrogen) atoms. The molecule has 1 aromatic heterocycles. The molecule has 1 N–H and O–H groups in total. The van der Waals surface area contributed by atoms with Crippen molar-refractivity contribution in [3.63, 3.8) is 0 Å². The summed E-state index contributed by atoms with van der Waals surface area (Å²) in [6, 6.07) is 9.26. The summed E-state index contributed by atoms with van der Waals surface area (Å²) in [5.41, 5.74) is 1.01. The molecule has 0 radical (unpaired) electrons. The Morgan fingerprint density at radius 1 is 1.12 bits per heavy atom. The van der Waals surface area contributed by atoms with Crippen LogP contribution < -0.4 is 5.32 Å². The highest BCUT2D eigenvalue weighted by molar-refractivity contribution is 8.18. The number of nitrogens with one attached hydrogen (secondary N) is 1. The number of rotatable bonds is 7. The summed E-state index contributed by atoms with van der Waals surface area (Å²) in [5, 5.41) is 2.26. The molecular formula is C22H22N4O5S2. The highest BCUT2D eigenvalue weighted by atomic mass is 32.2. The normalized spacial score (nSPS) is 18.3. The molecule has 3 heterocycles. The van der Waals surface area contributed by atoms with Crippen molar-refractivity contribution < 1.29 is 22.8 Å². The first-order valence-electron chi connectivity index (χ1n) is 10.4. The van der Waals surface area contributed by atoms with Gasteiger partial charge < -0.3 is 5.32 Å². The summed E-state index contributed by atoms with van der Waals surface area (Å²) in [6.45, 7) is 1.12. The lowest BCUT2D eigenvalue weighted by molar-refractivity contribution is -0.122. The van der Waals surface area contributed by atoms with E-state index >= 15 is 0 Å². The fourth-order valence-electron chi connectivity index (χ4n) is 3.54. The number of hydrogen-bond acceptors (Lipinski definition) is 7. The molecular weight excluding hydrogens is 464 g/mol. The molecule has 0 unspecified atom stereocenters. The summed E-state index contributed by atoms with van der Waals surface area (Å²) < 4.78 is 26.6. The van der Waals surface area contributed by atoms with E-state index in [0.29, 0.717) is 29.1 Å². The number of carbonyl (C=O) groups excluding carboxylic acids is 3. The van der Waals surface area contributed by atoms with Crippen LogP contribution in [0.15, 0.2) is 58.6 Å². The van der Waals surface area contributed by atoms with Crippen molar-refractivity contribution in [2.24, 2.45) is 0 Å². The third-order valence-electron chi connectivity index (χ3n) is 5.30. The predicted molar refractivity (Wildman–Crippen MR) is 124 cm³/mol. The molecule has 0 aliphatic carbocycles. The Morgan fingerprint density at radius 3 is 2.52 bits per heavy atom. The molecule has 1 aromatic carbocycles. The van der Waals surface area contributed by atoms with Crippen molar-refractivity contribution in [3.05, 3.63) is 64.8 Å². The number of imide groups is 1. The molecule has 172 valence electrons. The Morgan fingerprint density at radius 2 is 1.85 bits per heavy atom. The van der Waals surface area contributed by atoms with E-state index in [1.54, 1.807) is 30.6 Å². The second-order valence-corrected chi connectivity index (χ2v) is 10.4. The van der Waals surface area contributed by atoms with Gasteiger partial charge in [0, 0.05) is 44.1 Å². The van der Waals surface area contributed by atoms with Gasteiger partial charge in [-0.05, 0) is 66.6 Å². The van der Waals surface area contributed by atoms with E-state index < -0.39 is 27.1 Å². The maximum atomic E-state index is 12.6. The maximum absolute atomic E-state index is 12.6. The number of sulfonamides is 1. The molecule has 9 nitrogen and oxygen atoms in total. The molecule has 2 aromatic rings. The zero-order valence-corrected chi connectivity index (χ0v) is 19.3. The zero-order chi connectivity index (χ0) is 23.4. The second-order valence-electron chi connectivity index (χ2n) is 7.51. The number of thioether (sulfide) groups is 1. The first kappa shape index (κ1) is 23.1. The predicted octanol–water partition coefficient (Wildman–Crippen LogP) is 2.33. The SMILES string of the molecule is O=C(NCCN1C(=O)SC(=Cc2cccnc2)C1=O)c1ccc(S(=O)(=O)N2CCCC2)cc1. The summed E-state index contributed by atoms with van der Waals surface area (Å²) in [6.07, 6.45) is 6.51. The minimum Gasteiger partial charge on any atom is -0.350 e. The van der Waals surface area contributed by atoms with E-state index in [-0.39, 0.29) is 18.0 Å². The van der Waals surface area contributed by atoms with Gasteiger partial charge in [-0.3, -0.25) is 24.3 Å². The number of amides is 3. The van der Waals surface area contributed by atoms with Crippen LogP contribution in [0.1, 0.15) is 28.8 Å². The lowest BCUT2D eigenvalue weighted by Gasteiger charge is -2.16. The Balaban J connectivity index is 1.32. The van der Waals surface area contributed by atoms with Gasteiger partial charge in [0.25, 0.3) is 17.1 Å². The lowest BCUT2D eigenvalue weighted by atomic mass is 10.2. The minimum atomic E-state index is -3.54. The summed E-state index contributed by atoms with van der Waals surface area (Å²) in [4.78, 5) is 42.7. The number of nitrogens with zero attached hydrogens (tertiary/aromatic N) is 3. The lowest BCUT2D eigenvalue weighted by Crippen LogP contribution is -2.37. The van der Waals surface area contributed by atoms with Crippen LogP contribution in [0.25, 0.3) is 6.08 Å². The fourth-order valence-corrected chi connectivity index (χ4v) is 5.93. The third kappa shape index (κ3) is 5.15. The molecule has 2 aliphatic heterocycles. The van der Waals surface area contributed by atoms with Crippen molar-refractivity contribution in [1.29, 1.82) is 0 Å². The number of benzene rings is 1. The molecule has 2 aliphatic rings. The van der Waals surface area contributed by atoms with E-state index in [9.17, 15) is 22.8 Å². The van der Waals surface area contributed by atoms with E-state index in [1.807, 2.05) is 0 Å². The third-order valence-corrected chi connectivity index (χ3v) is 8.12. The summed E-state index contributed by atoms with van der Waals surface area (Å²) in [5.74, 6) is -0.836. The average molecular weight is 487 g/mol. The molecule has 11 heteroatoms. The van der Waals surface area contributed by atoms with Crippen molar-refractivity contribution in [3.8, 4) is 0 Å². The highest BCUT2D eigenvalue weighted by Crippen LogP contribution is 2.31. The molecule has 0 atom stereocenters. The molecule has 4 rings (SSSR count). The van der Waals surface area contributed by atoms with Crippen LogP contribution in [0, 0.1) is 0 Å². The van der Waals surface area contributed by atoms with E-state index in [4.69, 9.17) is 0 Å². The van der Waals surface area contributed by atoms with Gasteiger partial charge in [-0.15, -0.1) is 0 Å². The van der Waals surface area contributed by atoms with Crippen LogP contribution >= 0.6 is 11.8 Å². The monoisotopic (exact) mass is 486 g/mol. The molecule has 0 spiro atoms. The van der Waals surface area contributed by atoms with Crippen molar-refractivity contribution >= 4 is 44.9 Å². The van der Waals surface area contributed by atoms with Gasteiger partial charge in [-0.25, -0.2) is 8.42 Å².